The van der Waals surface area contributed by atoms with E-state index in [9.17, 15) is 5.11 Å². The molecule has 0 amide bonds. The monoisotopic (exact) mass is 270 g/mol. The lowest BCUT2D eigenvalue weighted by Crippen LogP contribution is -1.91. The van der Waals surface area contributed by atoms with E-state index in [0.29, 0.717) is 16.6 Å². The minimum atomic E-state index is -0.725. The fraction of sp³-hybridized carbons (Fsp3) is 0.273. The first-order valence-corrected chi connectivity index (χ1v) is 6.40. The summed E-state index contributed by atoms with van der Waals surface area (Å²) in [6, 6.07) is 7.54. The van der Waals surface area contributed by atoms with E-state index in [4.69, 9.17) is 16.1 Å². The number of aliphatic hydroxyl groups is 1. The molecule has 2 rings (SSSR count). The first-order valence-electron chi connectivity index (χ1n) is 5.04. The number of rotatable bonds is 4. The smallest absolute Gasteiger partial charge is 0.255 e. The summed E-state index contributed by atoms with van der Waals surface area (Å²) < 4.78 is 4.89. The normalized spacial score (nSPS) is 12.6. The Morgan fingerprint density at radius 1 is 1.41 bits per heavy atom. The van der Waals surface area contributed by atoms with Crippen LogP contribution in [-0.2, 0) is 5.75 Å². The van der Waals surface area contributed by atoms with Gasteiger partial charge in [0.15, 0.2) is 5.82 Å². The van der Waals surface area contributed by atoms with Crippen LogP contribution in [0.2, 0.25) is 5.02 Å². The molecular weight excluding hydrogens is 260 g/mol. The summed E-state index contributed by atoms with van der Waals surface area (Å²) in [6.45, 7) is 1.59. The van der Waals surface area contributed by atoms with Crippen molar-refractivity contribution in [1.29, 1.82) is 0 Å². The van der Waals surface area contributed by atoms with Crippen LogP contribution in [0.25, 0.3) is 0 Å². The number of halogens is 1. The number of hydrogen-bond acceptors (Lipinski definition) is 5. The zero-order valence-corrected chi connectivity index (χ0v) is 10.7. The Labute approximate surface area is 108 Å². The Hall–Kier alpha value is -1.04. The second-order valence-corrected chi connectivity index (χ2v) is 4.95. The quantitative estimate of drug-likeness (QED) is 0.865. The van der Waals surface area contributed by atoms with Crippen molar-refractivity contribution in [3.63, 3.8) is 0 Å². The van der Waals surface area contributed by atoms with Crippen LogP contribution in [0, 0.1) is 0 Å². The molecule has 0 aliphatic carbocycles. The lowest BCUT2D eigenvalue weighted by Gasteiger charge is -1.97. The Morgan fingerprint density at radius 3 is 2.71 bits per heavy atom. The van der Waals surface area contributed by atoms with Gasteiger partial charge < -0.3 is 9.63 Å². The molecule has 2 aromatic rings. The van der Waals surface area contributed by atoms with Gasteiger partial charge in [-0.15, -0.1) is 11.8 Å². The fourth-order valence-electron chi connectivity index (χ4n) is 1.17. The summed E-state index contributed by atoms with van der Waals surface area (Å²) >= 11 is 7.37. The Balaban J connectivity index is 1.95. The average molecular weight is 271 g/mol. The molecule has 0 aliphatic rings. The van der Waals surface area contributed by atoms with E-state index < -0.39 is 6.10 Å². The molecule has 1 aromatic heterocycles. The van der Waals surface area contributed by atoms with E-state index in [1.165, 1.54) is 0 Å². The number of nitrogens with zero attached hydrogens (tertiary/aromatic N) is 2. The standard InChI is InChI=1S/C11H11ClN2O2S/c1-7(15)11-13-10(14-16-11)6-17-9-4-2-8(12)3-5-9/h2-5,7,15H,6H2,1H3/t7-/m0/s1. The van der Waals surface area contributed by atoms with Crippen molar-refractivity contribution >= 4 is 23.4 Å². The van der Waals surface area contributed by atoms with Crippen LogP contribution < -0.4 is 0 Å². The lowest BCUT2D eigenvalue weighted by molar-refractivity contribution is 0.151. The second-order valence-electron chi connectivity index (χ2n) is 3.47. The van der Waals surface area contributed by atoms with Crippen LogP contribution in [-0.4, -0.2) is 15.2 Å². The summed E-state index contributed by atoms with van der Waals surface area (Å²) in [7, 11) is 0. The van der Waals surface area contributed by atoms with Crippen molar-refractivity contribution in [1.82, 2.24) is 10.1 Å². The third-order valence-electron chi connectivity index (χ3n) is 2.02. The molecule has 17 heavy (non-hydrogen) atoms. The van der Waals surface area contributed by atoms with Crippen molar-refractivity contribution in [2.45, 2.75) is 23.7 Å². The number of aliphatic hydroxyl groups excluding tert-OH is 1. The third kappa shape index (κ3) is 3.46. The second kappa shape index (κ2) is 5.53. The molecule has 1 N–H and O–H groups in total. The van der Waals surface area contributed by atoms with Gasteiger partial charge in [0.25, 0.3) is 5.89 Å². The molecule has 90 valence electrons. The van der Waals surface area contributed by atoms with Crippen LogP contribution in [0.5, 0.6) is 0 Å². The van der Waals surface area contributed by atoms with Crippen molar-refractivity contribution in [2.75, 3.05) is 0 Å². The molecule has 1 heterocycles. The highest BCUT2D eigenvalue weighted by molar-refractivity contribution is 7.98. The first kappa shape index (κ1) is 12.4. The molecule has 0 saturated carbocycles. The summed E-state index contributed by atoms with van der Waals surface area (Å²) in [5.41, 5.74) is 0. The van der Waals surface area contributed by atoms with E-state index >= 15 is 0 Å². The molecule has 0 aliphatic heterocycles. The maximum absolute atomic E-state index is 9.24. The van der Waals surface area contributed by atoms with Gasteiger partial charge in [-0.1, -0.05) is 16.8 Å². The summed E-state index contributed by atoms with van der Waals surface area (Å²) in [4.78, 5) is 5.15. The van der Waals surface area contributed by atoms with Crippen LogP contribution >= 0.6 is 23.4 Å². The van der Waals surface area contributed by atoms with Gasteiger partial charge in [0.1, 0.15) is 6.10 Å². The van der Waals surface area contributed by atoms with Crippen molar-refractivity contribution < 1.29 is 9.63 Å². The summed E-state index contributed by atoms with van der Waals surface area (Å²) in [6.07, 6.45) is -0.725. The fourth-order valence-corrected chi connectivity index (χ4v) is 2.04. The van der Waals surface area contributed by atoms with Gasteiger partial charge in [-0.25, -0.2) is 0 Å². The molecular formula is C11H11ClN2O2S. The van der Waals surface area contributed by atoms with Gasteiger partial charge in [0.05, 0.1) is 5.75 Å². The molecule has 6 heteroatoms. The zero-order valence-electron chi connectivity index (χ0n) is 9.13. The van der Waals surface area contributed by atoms with Crippen LogP contribution in [0.3, 0.4) is 0 Å². The predicted octanol–water partition coefficient (Wildman–Crippen LogP) is 3.07. The number of benzene rings is 1. The van der Waals surface area contributed by atoms with Gasteiger partial charge in [0, 0.05) is 9.92 Å². The first-order chi connectivity index (χ1) is 8.15. The molecule has 0 bridgehead atoms. The van der Waals surface area contributed by atoms with Gasteiger partial charge in [0.2, 0.25) is 0 Å². The minimum Gasteiger partial charge on any atom is -0.384 e. The average Bonchev–Trinajstić information content (AvgIpc) is 2.77. The van der Waals surface area contributed by atoms with E-state index in [-0.39, 0.29) is 5.89 Å². The highest BCUT2D eigenvalue weighted by Gasteiger charge is 2.11. The van der Waals surface area contributed by atoms with Gasteiger partial charge in [-0.05, 0) is 31.2 Å². The number of thioether (sulfide) groups is 1. The number of aromatic nitrogens is 2. The van der Waals surface area contributed by atoms with Crippen LogP contribution in [0.15, 0.2) is 33.7 Å². The molecule has 0 spiro atoms. The van der Waals surface area contributed by atoms with Crippen molar-refractivity contribution in [3.05, 3.63) is 41.0 Å². The molecule has 0 fully saturated rings. The summed E-state index contributed by atoms with van der Waals surface area (Å²) in [5, 5.41) is 13.7. The van der Waals surface area contributed by atoms with E-state index in [1.54, 1.807) is 18.7 Å². The van der Waals surface area contributed by atoms with Crippen LogP contribution in [0.4, 0.5) is 0 Å². The Kier molecular flexibility index (Phi) is 4.04. The van der Waals surface area contributed by atoms with Gasteiger partial charge in [-0.3, -0.25) is 0 Å². The molecule has 4 nitrogen and oxygen atoms in total. The Bertz CT molecular complexity index is 484. The van der Waals surface area contributed by atoms with Gasteiger partial charge in [-0.2, -0.15) is 4.98 Å². The molecule has 1 aromatic carbocycles. The number of hydrogen-bond donors (Lipinski definition) is 1. The predicted molar refractivity (Wildman–Crippen MR) is 65.9 cm³/mol. The van der Waals surface area contributed by atoms with Crippen molar-refractivity contribution in [3.8, 4) is 0 Å². The van der Waals surface area contributed by atoms with Crippen LogP contribution in [0.1, 0.15) is 24.7 Å². The molecule has 1 atom stereocenters. The largest absolute Gasteiger partial charge is 0.384 e. The topological polar surface area (TPSA) is 59.2 Å². The maximum Gasteiger partial charge on any atom is 0.255 e. The van der Waals surface area contributed by atoms with E-state index in [0.717, 1.165) is 4.90 Å². The lowest BCUT2D eigenvalue weighted by atomic mass is 10.4. The SMILES string of the molecule is C[C@H](O)c1nc(CSc2ccc(Cl)cc2)no1. The third-order valence-corrected chi connectivity index (χ3v) is 3.28. The highest BCUT2D eigenvalue weighted by Crippen LogP contribution is 2.23. The molecule has 0 unspecified atom stereocenters. The highest BCUT2D eigenvalue weighted by atomic mass is 35.5. The Morgan fingerprint density at radius 2 is 2.12 bits per heavy atom. The summed E-state index contributed by atoms with van der Waals surface area (Å²) in [5.74, 6) is 1.41. The molecule has 0 saturated heterocycles. The van der Waals surface area contributed by atoms with Gasteiger partial charge >= 0.3 is 0 Å². The maximum atomic E-state index is 9.24. The minimum absolute atomic E-state index is 0.247. The van der Waals surface area contributed by atoms with Crippen molar-refractivity contribution in [2.24, 2.45) is 0 Å². The zero-order chi connectivity index (χ0) is 12.3. The van der Waals surface area contributed by atoms with E-state index in [1.807, 2.05) is 24.3 Å². The van der Waals surface area contributed by atoms with E-state index in [2.05, 4.69) is 10.1 Å². The molecule has 0 radical (unpaired) electrons.